The van der Waals surface area contributed by atoms with E-state index in [1.54, 1.807) is 0 Å². The van der Waals surface area contributed by atoms with Gasteiger partial charge in [-0.1, -0.05) is 6.07 Å². The van der Waals surface area contributed by atoms with Crippen molar-refractivity contribution in [1.29, 1.82) is 0 Å². The van der Waals surface area contributed by atoms with Crippen molar-refractivity contribution >= 4 is 15.9 Å². The van der Waals surface area contributed by atoms with Gasteiger partial charge in [0.25, 0.3) is 0 Å². The minimum Gasteiger partial charge on any atom is -0.428 e. The fourth-order valence-electron chi connectivity index (χ4n) is 1.88. The molecular weight excluding hydrogens is 406 g/mol. The van der Waals surface area contributed by atoms with Gasteiger partial charge in [-0.25, -0.2) is 8.78 Å². The minimum absolute atomic E-state index is 0.0125. The lowest BCUT2D eigenvalue weighted by Gasteiger charge is -2.21. The van der Waals surface area contributed by atoms with Gasteiger partial charge in [0.15, 0.2) is 0 Å². The molecule has 0 spiro atoms. The molecule has 2 rings (SSSR count). The van der Waals surface area contributed by atoms with E-state index in [2.05, 4.69) is 20.7 Å². The molecule has 130 valence electrons. The minimum atomic E-state index is -4.87. The molecule has 2 aromatic carbocycles. The Balaban J connectivity index is 2.44. The lowest BCUT2D eigenvalue weighted by molar-refractivity contribution is -0.253. The van der Waals surface area contributed by atoms with Crippen molar-refractivity contribution in [2.24, 2.45) is 0 Å². The molecule has 0 amide bonds. The van der Waals surface area contributed by atoms with Crippen LogP contribution in [0.25, 0.3) is 0 Å². The molecule has 0 heterocycles. The Labute approximate surface area is 140 Å². The third kappa shape index (κ3) is 4.02. The third-order valence-corrected chi connectivity index (χ3v) is 3.64. The summed E-state index contributed by atoms with van der Waals surface area (Å²) in [5.41, 5.74) is -0.324. The van der Waals surface area contributed by atoms with E-state index in [1.165, 1.54) is 6.07 Å². The van der Waals surface area contributed by atoms with E-state index in [1.807, 2.05) is 0 Å². The normalized spacial score (nSPS) is 13.2. The van der Waals surface area contributed by atoms with Crippen LogP contribution in [0.3, 0.4) is 0 Å². The monoisotopic (exact) mass is 414 g/mol. The Morgan fingerprint density at radius 1 is 1.04 bits per heavy atom. The van der Waals surface area contributed by atoms with Gasteiger partial charge in [0.05, 0.1) is 4.47 Å². The van der Waals surface area contributed by atoms with E-state index in [0.717, 1.165) is 24.3 Å². The molecular formula is C15H9BrF6O2. The molecule has 1 N–H and O–H groups in total. The Bertz CT molecular complexity index is 738. The maximum atomic E-state index is 13.3. The van der Waals surface area contributed by atoms with Crippen LogP contribution in [-0.4, -0.2) is 17.6 Å². The van der Waals surface area contributed by atoms with Gasteiger partial charge in [0.1, 0.15) is 23.5 Å². The Morgan fingerprint density at radius 2 is 1.71 bits per heavy atom. The molecule has 0 fully saturated rings. The highest BCUT2D eigenvalue weighted by Crippen LogP contribution is 2.36. The Hall–Kier alpha value is -1.74. The van der Waals surface area contributed by atoms with Crippen LogP contribution in [0.4, 0.5) is 26.3 Å². The maximum Gasteiger partial charge on any atom is 0.461 e. The Morgan fingerprint density at radius 3 is 2.29 bits per heavy atom. The van der Waals surface area contributed by atoms with Gasteiger partial charge in [0.2, 0.25) is 0 Å². The molecule has 2 nitrogen and oxygen atoms in total. The fraction of sp³-hybridized carbons (Fsp3) is 0.200. The molecule has 2 aromatic rings. The summed E-state index contributed by atoms with van der Waals surface area (Å²) in [7, 11) is 0. The zero-order chi connectivity index (χ0) is 18.1. The first-order chi connectivity index (χ1) is 11.1. The van der Waals surface area contributed by atoms with Crippen LogP contribution < -0.4 is 4.74 Å². The molecule has 0 aliphatic heterocycles. The molecule has 0 aliphatic carbocycles. The SMILES string of the molecule is OC(c1ccc(F)c(Br)c1)c1ccc(F)cc1OC(F)(F)C(F)F. The van der Waals surface area contributed by atoms with Crippen LogP contribution in [-0.2, 0) is 0 Å². The van der Waals surface area contributed by atoms with Crippen LogP contribution in [0.2, 0.25) is 0 Å². The highest BCUT2D eigenvalue weighted by molar-refractivity contribution is 9.10. The summed E-state index contributed by atoms with van der Waals surface area (Å²) in [6, 6.07) is 5.52. The molecule has 0 aromatic heterocycles. The van der Waals surface area contributed by atoms with E-state index in [0.29, 0.717) is 6.07 Å². The van der Waals surface area contributed by atoms with Crippen molar-refractivity contribution in [2.45, 2.75) is 18.6 Å². The number of benzene rings is 2. The molecule has 9 heteroatoms. The van der Waals surface area contributed by atoms with Crippen LogP contribution in [0.15, 0.2) is 40.9 Å². The van der Waals surface area contributed by atoms with Crippen molar-refractivity contribution in [3.8, 4) is 5.75 Å². The molecule has 1 atom stereocenters. The highest BCUT2D eigenvalue weighted by Gasteiger charge is 2.44. The summed E-state index contributed by atoms with van der Waals surface area (Å²) >= 11 is 2.89. The van der Waals surface area contributed by atoms with Crippen LogP contribution >= 0.6 is 15.9 Å². The highest BCUT2D eigenvalue weighted by atomic mass is 79.9. The summed E-state index contributed by atoms with van der Waals surface area (Å²) in [5.74, 6) is -2.61. The molecule has 0 bridgehead atoms. The van der Waals surface area contributed by atoms with E-state index in [4.69, 9.17) is 0 Å². The molecule has 0 saturated carbocycles. The summed E-state index contributed by atoms with van der Waals surface area (Å²) in [6.07, 6.45) is -10.7. The van der Waals surface area contributed by atoms with E-state index >= 15 is 0 Å². The molecule has 24 heavy (non-hydrogen) atoms. The second-order valence-electron chi connectivity index (χ2n) is 4.72. The summed E-state index contributed by atoms with van der Waals surface area (Å²) in [6.45, 7) is 0. The van der Waals surface area contributed by atoms with E-state index in [-0.39, 0.29) is 15.6 Å². The summed E-state index contributed by atoms with van der Waals surface area (Å²) in [4.78, 5) is 0. The average molecular weight is 415 g/mol. The standard InChI is InChI=1S/C15H9BrF6O2/c16-10-5-7(1-4-11(10)18)13(23)9-3-2-8(17)6-12(9)24-15(21,22)14(19)20/h1-6,13-14,23H. The number of rotatable bonds is 5. The van der Waals surface area contributed by atoms with Gasteiger partial charge in [-0.2, -0.15) is 17.6 Å². The molecule has 0 aliphatic rings. The lowest BCUT2D eigenvalue weighted by atomic mass is 10.0. The predicted molar refractivity (Wildman–Crippen MR) is 76.1 cm³/mol. The van der Waals surface area contributed by atoms with Gasteiger partial charge in [0, 0.05) is 11.6 Å². The molecule has 0 radical (unpaired) electrons. The van der Waals surface area contributed by atoms with Gasteiger partial charge in [-0.05, 0) is 45.8 Å². The predicted octanol–water partition coefficient (Wildman–Crippen LogP) is 5.05. The molecule has 1 unspecified atom stereocenters. The fourth-order valence-corrected chi connectivity index (χ4v) is 2.27. The van der Waals surface area contributed by atoms with Gasteiger partial charge in [-0.3, -0.25) is 0 Å². The van der Waals surface area contributed by atoms with Crippen LogP contribution in [0, 0.1) is 11.6 Å². The van der Waals surface area contributed by atoms with Crippen molar-refractivity contribution < 1.29 is 36.2 Å². The zero-order valence-corrected chi connectivity index (χ0v) is 13.2. The summed E-state index contributed by atoms with van der Waals surface area (Å²) < 4.78 is 81.1. The van der Waals surface area contributed by atoms with Gasteiger partial charge in [-0.15, -0.1) is 0 Å². The smallest absolute Gasteiger partial charge is 0.428 e. The maximum absolute atomic E-state index is 13.3. The number of hydrogen-bond donors (Lipinski definition) is 1. The van der Waals surface area contributed by atoms with E-state index in [9.17, 15) is 31.4 Å². The third-order valence-electron chi connectivity index (χ3n) is 3.03. The number of alkyl halides is 4. The first-order valence-electron chi connectivity index (χ1n) is 6.39. The number of aliphatic hydroxyl groups excluding tert-OH is 1. The second kappa shape index (κ2) is 7.02. The van der Waals surface area contributed by atoms with Crippen molar-refractivity contribution in [3.63, 3.8) is 0 Å². The van der Waals surface area contributed by atoms with Crippen LogP contribution in [0.5, 0.6) is 5.75 Å². The average Bonchev–Trinajstić information content (AvgIpc) is 2.49. The van der Waals surface area contributed by atoms with Crippen molar-refractivity contribution in [3.05, 3.63) is 63.6 Å². The second-order valence-corrected chi connectivity index (χ2v) is 5.58. The molecule has 0 saturated heterocycles. The van der Waals surface area contributed by atoms with E-state index < -0.39 is 36.0 Å². The largest absolute Gasteiger partial charge is 0.461 e. The van der Waals surface area contributed by atoms with Crippen LogP contribution in [0.1, 0.15) is 17.2 Å². The number of halogens is 7. The first kappa shape index (κ1) is 18.6. The van der Waals surface area contributed by atoms with Gasteiger partial charge >= 0.3 is 12.5 Å². The Kier molecular flexibility index (Phi) is 5.44. The number of hydrogen-bond acceptors (Lipinski definition) is 2. The number of ether oxygens (including phenoxy) is 1. The zero-order valence-electron chi connectivity index (χ0n) is 11.6. The lowest BCUT2D eigenvalue weighted by Crippen LogP contribution is -2.34. The quantitative estimate of drug-likeness (QED) is 0.694. The number of aliphatic hydroxyl groups is 1. The topological polar surface area (TPSA) is 29.5 Å². The summed E-state index contributed by atoms with van der Waals surface area (Å²) in [5, 5.41) is 10.2. The van der Waals surface area contributed by atoms with Crippen molar-refractivity contribution in [2.75, 3.05) is 0 Å². The van der Waals surface area contributed by atoms with Gasteiger partial charge < -0.3 is 9.84 Å². The van der Waals surface area contributed by atoms with Crippen molar-refractivity contribution in [1.82, 2.24) is 0 Å². The first-order valence-corrected chi connectivity index (χ1v) is 7.18.